The van der Waals surface area contributed by atoms with E-state index in [0.29, 0.717) is 27.5 Å². The van der Waals surface area contributed by atoms with Gasteiger partial charge in [-0.2, -0.15) is 0 Å². The molecule has 0 heterocycles. The van der Waals surface area contributed by atoms with Crippen molar-refractivity contribution in [3.63, 3.8) is 0 Å². The maximum atomic E-state index is 12.9. The second-order valence-corrected chi connectivity index (χ2v) is 6.36. The van der Waals surface area contributed by atoms with Crippen LogP contribution in [0, 0.1) is 12.7 Å². The molecule has 0 atom stereocenters. The van der Waals surface area contributed by atoms with Gasteiger partial charge in [0.2, 0.25) is 0 Å². The van der Waals surface area contributed by atoms with Gasteiger partial charge in [-0.1, -0.05) is 17.7 Å². The van der Waals surface area contributed by atoms with E-state index in [-0.39, 0.29) is 17.6 Å². The molecule has 0 aromatic heterocycles. The summed E-state index contributed by atoms with van der Waals surface area (Å²) in [6, 6.07) is 17.0. The summed E-state index contributed by atoms with van der Waals surface area (Å²) in [5.41, 5.74) is 2.79. The summed E-state index contributed by atoms with van der Waals surface area (Å²) >= 11 is 6.06. The Morgan fingerprint density at radius 1 is 0.778 bits per heavy atom. The fourth-order valence-corrected chi connectivity index (χ4v) is 2.56. The Morgan fingerprint density at radius 2 is 1.26 bits per heavy atom. The largest absolute Gasteiger partial charge is 0.322 e. The van der Waals surface area contributed by atoms with E-state index in [4.69, 9.17) is 11.6 Å². The van der Waals surface area contributed by atoms with Crippen LogP contribution in [0.4, 0.5) is 15.8 Å². The van der Waals surface area contributed by atoms with Gasteiger partial charge < -0.3 is 10.6 Å². The van der Waals surface area contributed by atoms with E-state index < -0.39 is 0 Å². The lowest BCUT2D eigenvalue weighted by molar-refractivity contribution is 0.101. The molecule has 27 heavy (non-hydrogen) atoms. The summed E-state index contributed by atoms with van der Waals surface area (Å²) in [7, 11) is 0. The number of amides is 2. The quantitative estimate of drug-likeness (QED) is 0.644. The van der Waals surface area contributed by atoms with Gasteiger partial charge in [0.15, 0.2) is 0 Å². The van der Waals surface area contributed by atoms with Crippen LogP contribution in [-0.4, -0.2) is 11.8 Å². The summed E-state index contributed by atoms with van der Waals surface area (Å²) in [5, 5.41) is 6.00. The molecule has 3 aromatic carbocycles. The molecular weight excluding hydrogens is 367 g/mol. The van der Waals surface area contributed by atoms with Crippen LogP contribution in [0.3, 0.4) is 0 Å². The number of anilines is 2. The van der Waals surface area contributed by atoms with Gasteiger partial charge in [0.05, 0.1) is 0 Å². The van der Waals surface area contributed by atoms with Gasteiger partial charge in [0.25, 0.3) is 11.8 Å². The van der Waals surface area contributed by atoms with Crippen molar-refractivity contribution in [2.75, 3.05) is 10.6 Å². The van der Waals surface area contributed by atoms with E-state index in [1.54, 1.807) is 36.4 Å². The van der Waals surface area contributed by atoms with E-state index in [1.807, 2.05) is 13.0 Å². The van der Waals surface area contributed by atoms with Crippen molar-refractivity contribution < 1.29 is 14.0 Å². The van der Waals surface area contributed by atoms with Crippen LogP contribution in [0.1, 0.15) is 26.3 Å². The number of carbonyl (C=O) groups is 2. The number of benzene rings is 3. The van der Waals surface area contributed by atoms with Gasteiger partial charge in [0.1, 0.15) is 5.82 Å². The standard InChI is InChI=1S/C21H16ClFN2O2/c1-13-2-9-18(12-19(13)22)25-21(27)15-5-3-14(4-6-15)20(26)24-17-10-7-16(23)8-11-17/h2-12H,1H3,(H,24,26)(H,25,27). The Hall–Kier alpha value is -3.18. The minimum atomic E-state index is -0.377. The highest BCUT2D eigenvalue weighted by Crippen LogP contribution is 2.20. The van der Waals surface area contributed by atoms with Crippen LogP contribution in [0.25, 0.3) is 0 Å². The van der Waals surface area contributed by atoms with E-state index >= 15 is 0 Å². The van der Waals surface area contributed by atoms with E-state index in [9.17, 15) is 14.0 Å². The van der Waals surface area contributed by atoms with Gasteiger partial charge in [-0.25, -0.2) is 4.39 Å². The number of hydrogen-bond donors (Lipinski definition) is 2. The Balaban J connectivity index is 1.66. The lowest BCUT2D eigenvalue weighted by Gasteiger charge is -2.08. The van der Waals surface area contributed by atoms with E-state index in [1.165, 1.54) is 24.3 Å². The van der Waals surface area contributed by atoms with Crippen LogP contribution in [-0.2, 0) is 0 Å². The smallest absolute Gasteiger partial charge is 0.255 e. The van der Waals surface area contributed by atoms with Crippen molar-refractivity contribution in [3.8, 4) is 0 Å². The third-order valence-corrected chi connectivity index (χ3v) is 4.35. The number of hydrogen-bond acceptors (Lipinski definition) is 2. The molecule has 2 N–H and O–H groups in total. The van der Waals surface area contributed by atoms with Crippen molar-refractivity contribution in [2.45, 2.75) is 6.92 Å². The molecule has 0 aliphatic carbocycles. The molecule has 0 fully saturated rings. The first-order valence-corrected chi connectivity index (χ1v) is 8.54. The molecule has 0 bridgehead atoms. The van der Waals surface area contributed by atoms with E-state index in [0.717, 1.165) is 5.56 Å². The third kappa shape index (κ3) is 4.71. The van der Waals surface area contributed by atoms with Crippen LogP contribution < -0.4 is 10.6 Å². The van der Waals surface area contributed by atoms with Gasteiger partial charge in [-0.15, -0.1) is 0 Å². The molecule has 3 aromatic rings. The van der Waals surface area contributed by atoms with Crippen molar-refractivity contribution in [2.24, 2.45) is 0 Å². The molecule has 0 saturated heterocycles. The van der Waals surface area contributed by atoms with Crippen molar-refractivity contribution in [1.29, 1.82) is 0 Å². The molecule has 136 valence electrons. The summed E-state index contributed by atoms with van der Waals surface area (Å²) < 4.78 is 12.9. The lowest BCUT2D eigenvalue weighted by atomic mass is 10.1. The zero-order valence-electron chi connectivity index (χ0n) is 14.4. The first-order valence-electron chi connectivity index (χ1n) is 8.17. The Morgan fingerprint density at radius 3 is 1.78 bits per heavy atom. The molecule has 0 unspecified atom stereocenters. The predicted octanol–water partition coefficient (Wildman–Crippen LogP) is 5.29. The molecule has 2 amide bonds. The predicted molar refractivity (Wildman–Crippen MR) is 105 cm³/mol. The van der Waals surface area contributed by atoms with Crippen molar-refractivity contribution in [1.82, 2.24) is 0 Å². The molecule has 0 radical (unpaired) electrons. The number of rotatable bonds is 4. The minimum Gasteiger partial charge on any atom is -0.322 e. The molecular formula is C21H16ClFN2O2. The monoisotopic (exact) mass is 382 g/mol. The average Bonchev–Trinajstić information content (AvgIpc) is 2.66. The fourth-order valence-electron chi connectivity index (χ4n) is 2.38. The van der Waals surface area contributed by atoms with Gasteiger partial charge >= 0.3 is 0 Å². The molecule has 3 rings (SSSR count). The summed E-state index contributed by atoms with van der Waals surface area (Å²) in [6.45, 7) is 1.88. The SMILES string of the molecule is Cc1ccc(NC(=O)c2ccc(C(=O)Nc3ccc(F)cc3)cc2)cc1Cl. The summed E-state index contributed by atoms with van der Waals surface area (Å²) in [5.74, 6) is -1.03. The van der Waals surface area contributed by atoms with E-state index in [2.05, 4.69) is 10.6 Å². The second-order valence-electron chi connectivity index (χ2n) is 5.96. The molecule has 0 aliphatic heterocycles. The lowest BCUT2D eigenvalue weighted by Crippen LogP contribution is -2.14. The summed E-state index contributed by atoms with van der Waals surface area (Å²) in [6.07, 6.45) is 0. The fraction of sp³-hybridized carbons (Fsp3) is 0.0476. The Bertz CT molecular complexity index is 986. The first kappa shape index (κ1) is 18.6. The number of halogens is 2. The summed E-state index contributed by atoms with van der Waals surface area (Å²) in [4.78, 5) is 24.5. The second kappa shape index (κ2) is 8.01. The topological polar surface area (TPSA) is 58.2 Å². The number of aryl methyl sites for hydroxylation is 1. The highest BCUT2D eigenvalue weighted by atomic mass is 35.5. The van der Waals surface area contributed by atoms with Crippen LogP contribution in [0.2, 0.25) is 5.02 Å². The number of carbonyl (C=O) groups excluding carboxylic acids is 2. The average molecular weight is 383 g/mol. The Kier molecular flexibility index (Phi) is 5.52. The minimum absolute atomic E-state index is 0.305. The van der Waals surface area contributed by atoms with Crippen LogP contribution >= 0.6 is 11.6 Å². The maximum absolute atomic E-state index is 12.9. The van der Waals surface area contributed by atoms with Crippen molar-refractivity contribution >= 4 is 34.8 Å². The van der Waals surface area contributed by atoms with Crippen molar-refractivity contribution in [3.05, 3.63) is 94.3 Å². The number of nitrogens with one attached hydrogen (secondary N) is 2. The maximum Gasteiger partial charge on any atom is 0.255 e. The molecule has 0 saturated carbocycles. The van der Waals surface area contributed by atoms with Crippen LogP contribution in [0.5, 0.6) is 0 Å². The van der Waals surface area contributed by atoms with Gasteiger partial charge in [-0.3, -0.25) is 9.59 Å². The Labute approximate surface area is 161 Å². The normalized spacial score (nSPS) is 10.3. The molecule has 4 nitrogen and oxygen atoms in total. The zero-order chi connectivity index (χ0) is 19.4. The van der Waals surface area contributed by atoms with Gasteiger partial charge in [-0.05, 0) is 73.2 Å². The first-order chi connectivity index (χ1) is 12.9. The molecule has 0 aliphatic rings. The third-order valence-electron chi connectivity index (χ3n) is 3.94. The molecule has 6 heteroatoms. The highest BCUT2D eigenvalue weighted by Gasteiger charge is 2.10. The highest BCUT2D eigenvalue weighted by molar-refractivity contribution is 6.31. The van der Waals surface area contributed by atoms with Crippen LogP contribution in [0.15, 0.2) is 66.7 Å². The zero-order valence-corrected chi connectivity index (χ0v) is 15.2. The molecule has 0 spiro atoms. The van der Waals surface area contributed by atoms with Gasteiger partial charge in [0, 0.05) is 27.5 Å².